The Bertz CT molecular complexity index is 492. The molecule has 0 heterocycles. The third-order valence-corrected chi connectivity index (χ3v) is 1.76. The summed E-state index contributed by atoms with van der Waals surface area (Å²) in [5.74, 6) is 0.940. The average Bonchev–Trinajstić information content (AvgIpc) is 2.50. The second-order valence-electron chi connectivity index (χ2n) is 3.61. The Morgan fingerprint density at radius 1 is 1.00 bits per heavy atom. The maximum absolute atomic E-state index is 10.7. The van der Waals surface area contributed by atoms with Crippen LogP contribution in [0.3, 0.4) is 0 Å². The van der Waals surface area contributed by atoms with E-state index in [1.807, 2.05) is 13.0 Å². The van der Waals surface area contributed by atoms with Gasteiger partial charge in [0.2, 0.25) is 0 Å². The van der Waals surface area contributed by atoms with Crippen LogP contribution in [0.2, 0.25) is 0 Å². The molecule has 12 heteroatoms. The first kappa shape index (κ1) is 35.0. The van der Waals surface area contributed by atoms with Crippen LogP contribution in [0.1, 0.15) is 13.3 Å². The van der Waals surface area contributed by atoms with Gasteiger partial charge in [0, 0.05) is 23.5 Å². The molecule has 1 aliphatic carbocycles. The molecule has 4 nitrogen and oxygen atoms in total. The van der Waals surface area contributed by atoms with Crippen molar-refractivity contribution in [1.82, 2.24) is 0 Å². The third kappa shape index (κ3) is 45.0. The van der Waals surface area contributed by atoms with Crippen molar-refractivity contribution in [3.8, 4) is 0 Å². The second-order valence-corrected chi connectivity index (χ2v) is 5.53. The van der Waals surface area contributed by atoms with Gasteiger partial charge in [-0.3, -0.25) is 0 Å². The van der Waals surface area contributed by atoms with Gasteiger partial charge in [0.05, 0.1) is 12.9 Å². The molecule has 0 aliphatic heterocycles. The number of halogens is 6. The Morgan fingerprint density at radius 2 is 1.32 bits per heavy atom. The molecule has 0 spiro atoms. The van der Waals surface area contributed by atoms with Crippen molar-refractivity contribution in [3.05, 3.63) is 62.0 Å². The van der Waals surface area contributed by atoms with Gasteiger partial charge in [0.25, 0.3) is 0 Å². The van der Waals surface area contributed by atoms with Gasteiger partial charge in [-0.15, -0.1) is 0 Å². The molecule has 25 heavy (non-hydrogen) atoms. The first-order valence-corrected chi connectivity index (χ1v) is 7.33. The number of methoxy groups -OCH3 is 1. The number of rotatable bonds is 2. The Hall–Kier alpha value is -1.23. The topological polar surface area (TPSA) is 68.9 Å². The van der Waals surface area contributed by atoms with E-state index in [9.17, 15) is 25.2 Å². The van der Waals surface area contributed by atoms with Crippen LogP contribution in [0.4, 0.5) is 25.2 Å². The second kappa shape index (κ2) is 14.0. The molecule has 0 aromatic heterocycles. The summed E-state index contributed by atoms with van der Waals surface area (Å²) in [6.07, 6.45) is 7.02. The van der Waals surface area contributed by atoms with Gasteiger partial charge in [-0.2, -0.15) is 0 Å². The van der Waals surface area contributed by atoms with E-state index in [0.29, 0.717) is 0 Å². The van der Waals surface area contributed by atoms with Crippen molar-refractivity contribution in [2.75, 3.05) is 7.11 Å². The van der Waals surface area contributed by atoms with E-state index in [2.05, 4.69) is 39.0 Å². The normalized spacial score (nSPS) is 14.2. The predicted octanol–water partition coefficient (Wildman–Crippen LogP) is 5.89. The van der Waals surface area contributed by atoms with Crippen molar-refractivity contribution in [3.63, 3.8) is 0 Å². The van der Waals surface area contributed by atoms with Crippen LogP contribution in [0, 0.1) is 26.4 Å². The van der Waals surface area contributed by atoms with E-state index in [-0.39, 0.29) is 17.1 Å². The van der Waals surface area contributed by atoms with Crippen molar-refractivity contribution >= 4 is 7.81 Å². The summed E-state index contributed by atoms with van der Waals surface area (Å²) in [6, 6.07) is 0. The molecule has 1 rings (SSSR count). The molecule has 0 saturated carbocycles. The molecule has 0 fully saturated rings. The minimum Gasteiger partial charge on any atom is 0 e. The van der Waals surface area contributed by atoms with Crippen molar-refractivity contribution in [1.29, 1.82) is 0 Å². The molecule has 0 amide bonds. The quantitative estimate of drug-likeness (QED) is 0.176. The summed E-state index contributed by atoms with van der Waals surface area (Å²) in [4.78, 5) is 0. The fraction of sp³-hybridized carbons (Fsp3) is 0.231. The summed E-state index contributed by atoms with van der Waals surface area (Å²) >= 11 is 0. The van der Waals surface area contributed by atoms with Gasteiger partial charge >= 0.3 is 66.9 Å². The SMILES string of the molecule is C=C(C)C1=CC=C(OC)[CH]C1.F[P-](F)(F)(F)(F)F.[C-]#[O+].[C-]#[O+].[C-]#[O+].[Fe]. The van der Waals surface area contributed by atoms with Gasteiger partial charge in [0.15, 0.2) is 0 Å². The molecule has 0 bridgehead atoms. The zero-order chi connectivity index (χ0) is 20.7. The van der Waals surface area contributed by atoms with Crippen LogP contribution in [0.15, 0.2) is 35.6 Å². The smallest absolute Gasteiger partial charge is 0 e. The molecule has 0 saturated heterocycles. The van der Waals surface area contributed by atoms with Crippen molar-refractivity contribution in [2.24, 2.45) is 0 Å². The van der Waals surface area contributed by atoms with Gasteiger partial charge in [-0.1, -0.05) is 18.2 Å². The fourth-order valence-electron chi connectivity index (χ4n) is 0.997. The summed E-state index contributed by atoms with van der Waals surface area (Å²) in [6.45, 7) is 19.4. The van der Waals surface area contributed by atoms with E-state index in [1.165, 1.54) is 5.57 Å². The maximum atomic E-state index is 9.87. The maximum Gasteiger partial charge on any atom is 0 e. The minimum atomic E-state index is -10.7. The van der Waals surface area contributed by atoms with Gasteiger partial charge in [-0.05, 0) is 25.0 Å². The number of ether oxygens (including phenoxy) is 1. The Balaban J connectivity index is -0.0000000833. The standard InChI is InChI=1S/C10H13O.3CO.F6P.Fe/c1-8(2)9-4-6-10(11-3)7-5-9;3*1-2;1-7(2,3,4,5)6;/h4,6-7H,1,5H2,2-3H3;;;;;/q;;;;-1;. The van der Waals surface area contributed by atoms with Gasteiger partial charge in [0.1, 0.15) is 0 Å². The van der Waals surface area contributed by atoms with Crippen LogP contribution in [0.25, 0.3) is 0 Å². The molecular weight excluding hydrogens is 421 g/mol. The molecule has 0 aromatic carbocycles. The summed E-state index contributed by atoms with van der Waals surface area (Å²) < 4.78 is 86.7. The van der Waals surface area contributed by atoms with E-state index < -0.39 is 7.81 Å². The van der Waals surface area contributed by atoms with Gasteiger partial charge in [-0.25, -0.2) is 0 Å². The summed E-state index contributed by atoms with van der Waals surface area (Å²) in [5.41, 5.74) is 2.42. The third-order valence-electron chi connectivity index (χ3n) is 1.76. The van der Waals surface area contributed by atoms with Crippen LogP contribution in [0.5, 0.6) is 0 Å². The first-order valence-electron chi connectivity index (χ1n) is 5.30. The molecule has 1 aliphatic rings. The molecule has 0 unspecified atom stereocenters. The number of hydrogen-bond donors (Lipinski definition) is 0. The minimum absolute atomic E-state index is 0. The van der Waals surface area contributed by atoms with Crippen LogP contribution in [-0.4, -0.2) is 7.11 Å². The zero-order valence-electron chi connectivity index (χ0n) is 12.8. The summed E-state index contributed by atoms with van der Waals surface area (Å²) in [5, 5.41) is 0. The largest absolute Gasteiger partial charge is 0 e. The Kier molecular flexibility index (Phi) is 19.6. The molecule has 0 aromatic rings. The van der Waals surface area contributed by atoms with E-state index in [4.69, 9.17) is 18.7 Å². The number of allylic oxidation sites excluding steroid dienone is 5. The molecular formula is C13H13F6FeO4P-. The van der Waals surface area contributed by atoms with Crippen LogP contribution in [-0.2, 0) is 35.8 Å². The summed E-state index contributed by atoms with van der Waals surface area (Å²) in [7, 11) is -8.97. The van der Waals surface area contributed by atoms with Crippen molar-refractivity contribution in [2.45, 2.75) is 13.3 Å². The van der Waals surface area contributed by atoms with E-state index >= 15 is 0 Å². The molecule has 1 radical (unpaired) electrons. The monoisotopic (exact) mass is 434 g/mol. The number of hydrogen-bond acceptors (Lipinski definition) is 1. The Morgan fingerprint density at radius 3 is 1.48 bits per heavy atom. The first-order chi connectivity index (χ1) is 10.7. The average molecular weight is 434 g/mol. The van der Waals surface area contributed by atoms with Crippen molar-refractivity contribution < 1.29 is 60.9 Å². The van der Waals surface area contributed by atoms with Crippen LogP contribution < -0.4 is 0 Å². The van der Waals surface area contributed by atoms with Crippen LogP contribution >= 0.6 is 7.81 Å². The molecule has 0 N–H and O–H groups in total. The van der Waals surface area contributed by atoms with Gasteiger partial charge < -0.3 is 4.74 Å². The molecule has 145 valence electrons. The van der Waals surface area contributed by atoms with E-state index in [0.717, 1.165) is 17.8 Å². The Labute approximate surface area is 151 Å². The fourth-order valence-corrected chi connectivity index (χ4v) is 0.997. The molecule has 0 atom stereocenters. The van der Waals surface area contributed by atoms with E-state index in [1.54, 1.807) is 7.11 Å². The predicted molar refractivity (Wildman–Crippen MR) is 72.3 cm³/mol. The zero-order valence-corrected chi connectivity index (χ0v) is 14.8.